The number of fused-ring (bicyclic) bond motifs is 3. The molecule has 0 spiro atoms. The summed E-state index contributed by atoms with van der Waals surface area (Å²) in [5.41, 5.74) is -0.504. The van der Waals surface area contributed by atoms with E-state index in [2.05, 4.69) is 10.3 Å². The van der Waals surface area contributed by atoms with Crippen molar-refractivity contribution in [1.29, 1.82) is 0 Å². The Morgan fingerprint density at radius 1 is 1.20 bits per heavy atom. The second-order valence-corrected chi connectivity index (χ2v) is 6.53. The smallest absolute Gasteiger partial charge is 0.311 e. The van der Waals surface area contributed by atoms with Crippen LogP contribution in [0.2, 0.25) is 0 Å². The highest BCUT2D eigenvalue weighted by Crippen LogP contribution is 2.37. The fourth-order valence-corrected chi connectivity index (χ4v) is 3.71. The first kappa shape index (κ1) is 15.8. The maximum absolute atomic E-state index is 12.7. The van der Waals surface area contributed by atoms with Crippen LogP contribution in [0.3, 0.4) is 0 Å². The maximum atomic E-state index is 12.7. The first-order valence-corrected chi connectivity index (χ1v) is 8.19. The topological polar surface area (TPSA) is 63.5 Å². The number of benzene rings is 1. The summed E-state index contributed by atoms with van der Waals surface area (Å²) >= 11 is 1.25. The third kappa shape index (κ3) is 2.60. The van der Waals surface area contributed by atoms with Crippen molar-refractivity contribution < 1.29 is 18.0 Å². The summed E-state index contributed by atoms with van der Waals surface area (Å²) in [6.45, 7) is 0. The molecule has 0 aliphatic carbocycles. The number of hydrogen-bond donors (Lipinski definition) is 1. The standard InChI is InChI=1S/C16H10F3N3O2S/c17-16(18,19)9-3-1-8(2-4-9)10-7-11(23)20-13-12(10)14(24)21-15-22(13)5-6-25-15/h1-6,10H,7H2,(H,20,23)/t10-/m0/s1. The molecule has 1 atom stereocenters. The van der Waals surface area contributed by atoms with Gasteiger partial charge in [0.15, 0.2) is 4.96 Å². The van der Waals surface area contributed by atoms with Gasteiger partial charge in [-0.2, -0.15) is 18.2 Å². The number of carbonyl (C=O) groups is 1. The van der Waals surface area contributed by atoms with Gasteiger partial charge < -0.3 is 5.32 Å². The number of anilines is 1. The van der Waals surface area contributed by atoms with Gasteiger partial charge in [0.25, 0.3) is 5.56 Å². The summed E-state index contributed by atoms with van der Waals surface area (Å²) < 4.78 is 39.8. The fraction of sp³-hybridized carbons (Fsp3) is 0.188. The van der Waals surface area contributed by atoms with Crippen LogP contribution in [0.4, 0.5) is 19.0 Å². The predicted octanol–water partition coefficient (Wildman–Crippen LogP) is 3.25. The van der Waals surface area contributed by atoms with E-state index in [1.807, 2.05) is 0 Å². The average molecular weight is 365 g/mol. The molecule has 2 aromatic heterocycles. The molecule has 0 radical (unpaired) electrons. The number of carbonyl (C=O) groups excluding carboxylic acids is 1. The van der Waals surface area contributed by atoms with Gasteiger partial charge >= 0.3 is 6.18 Å². The average Bonchev–Trinajstić information content (AvgIpc) is 3.02. The molecule has 1 aliphatic heterocycles. The van der Waals surface area contributed by atoms with E-state index in [0.29, 0.717) is 16.3 Å². The number of rotatable bonds is 1. The summed E-state index contributed by atoms with van der Waals surface area (Å²) in [5.74, 6) is -0.608. The molecule has 4 rings (SSSR count). The van der Waals surface area contributed by atoms with Crippen molar-refractivity contribution in [3.05, 3.63) is 62.9 Å². The Bertz CT molecular complexity index is 1040. The summed E-state index contributed by atoms with van der Waals surface area (Å²) in [6.07, 6.45) is -2.78. The molecule has 5 nitrogen and oxygen atoms in total. The minimum atomic E-state index is -4.44. The molecule has 25 heavy (non-hydrogen) atoms. The van der Waals surface area contributed by atoms with Crippen LogP contribution in [0.5, 0.6) is 0 Å². The lowest BCUT2D eigenvalue weighted by Crippen LogP contribution is -2.31. The molecule has 1 aliphatic rings. The van der Waals surface area contributed by atoms with Crippen LogP contribution in [0.15, 0.2) is 40.6 Å². The number of amides is 1. The first-order valence-electron chi connectivity index (χ1n) is 7.31. The van der Waals surface area contributed by atoms with Crippen molar-refractivity contribution in [3.63, 3.8) is 0 Å². The van der Waals surface area contributed by atoms with E-state index in [-0.39, 0.29) is 17.9 Å². The number of nitrogens with one attached hydrogen (secondary N) is 1. The molecule has 0 saturated heterocycles. The highest BCUT2D eigenvalue weighted by molar-refractivity contribution is 7.15. The monoisotopic (exact) mass is 365 g/mol. The second kappa shape index (κ2) is 5.41. The van der Waals surface area contributed by atoms with Gasteiger partial charge in [0.2, 0.25) is 5.91 Å². The van der Waals surface area contributed by atoms with Crippen LogP contribution in [0, 0.1) is 0 Å². The Morgan fingerprint density at radius 3 is 2.60 bits per heavy atom. The number of aromatic nitrogens is 2. The van der Waals surface area contributed by atoms with Crippen LogP contribution in [-0.2, 0) is 11.0 Å². The Kier molecular flexibility index (Phi) is 3.43. The van der Waals surface area contributed by atoms with Gasteiger partial charge in [0, 0.05) is 23.9 Å². The van der Waals surface area contributed by atoms with Crippen LogP contribution in [0.1, 0.15) is 29.0 Å². The summed E-state index contributed by atoms with van der Waals surface area (Å²) in [6, 6.07) is 4.51. The molecule has 1 aromatic carbocycles. The van der Waals surface area contributed by atoms with Crippen molar-refractivity contribution >= 4 is 28.0 Å². The summed E-state index contributed by atoms with van der Waals surface area (Å²) in [7, 11) is 0. The van der Waals surface area contributed by atoms with Crippen LogP contribution in [-0.4, -0.2) is 15.3 Å². The van der Waals surface area contributed by atoms with Gasteiger partial charge in [0.05, 0.1) is 11.1 Å². The van der Waals surface area contributed by atoms with E-state index in [0.717, 1.165) is 12.1 Å². The molecule has 0 bridgehead atoms. The molecule has 1 N–H and O–H groups in total. The fourth-order valence-electron chi connectivity index (χ4n) is 3.00. The molecular formula is C16H10F3N3O2S. The third-order valence-electron chi connectivity index (χ3n) is 4.15. The van der Waals surface area contributed by atoms with Gasteiger partial charge in [0.1, 0.15) is 5.82 Å². The Balaban J connectivity index is 1.88. The maximum Gasteiger partial charge on any atom is 0.416 e. The van der Waals surface area contributed by atoms with E-state index >= 15 is 0 Å². The Labute approximate surface area is 142 Å². The predicted molar refractivity (Wildman–Crippen MR) is 85.9 cm³/mol. The molecule has 3 heterocycles. The lowest BCUT2D eigenvalue weighted by atomic mass is 9.86. The molecular weight excluding hydrogens is 355 g/mol. The van der Waals surface area contributed by atoms with Crippen molar-refractivity contribution in [2.45, 2.75) is 18.5 Å². The van der Waals surface area contributed by atoms with Crippen molar-refractivity contribution in [2.75, 3.05) is 5.32 Å². The van der Waals surface area contributed by atoms with Crippen molar-refractivity contribution in [1.82, 2.24) is 9.38 Å². The zero-order valence-corrected chi connectivity index (χ0v) is 13.3. The quantitative estimate of drug-likeness (QED) is 0.720. The van der Waals surface area contributed by atoms with Crippen molar-refractivity contribution in [3.8, 4) is 0 Å². The number of halogens is 3. The minimum Gasteiger partial charge on any atom is -0.311 e. The molecule has 128 valence electrons. The van der Waals surface area contributed by atoms with Crippen LogP contribution < -0.4 is 10.9 Å². The zero-order chi connectivity index (χ0) is 17.8. The zero-order valence-electron chi connectivity index (χ0n) is 12.5. The summed E-state index contributed by atoms with van der Waals surface area (Å²) in [5, 5.41) is 4.41. The number of hydrogen-bond acceptors (Lipinski definition) is 4. The SMILES string of the molecule is O=C1C[C@@H](c2ccc(C(F)(F)F)cc2)c2c(n3ccsc3nc2=O)N1. The van der Waals surface area contributed by atoms with Gasteiger partial charge in [-0.25, -0.2) is 0 Å². The minimum absolute atomic E-state index is 0.0223. The van der Waals surface area contributed by atoms with E-state index in [1.165, 1.54) is 23.5 Å². The van der Waals surface area contributed by atoms with Gasteiger partial charge in [-0.1, -0.05) is 12.1 Å². The molecule has 9 heteroatoms. The van der Waals surface area contributed by atoms with E-state index in [4.69, 9.17) is 0 Å². The van der Waals surface area contributed by atoms with Crippen LogP contribution >= 0.6 is 11.3 Å². The van der Waals surface area contributed by atoms with Gasteiger partial charge in [-0.05, 0) is 17.7 Å². The highest BCUT2D eigenvalue weighted by Gasteiger charge is 2.33. The largest absolute Gasteiger partial charge is 0.416 e. The number of thiazole rings is 1. The number of alkyl halides is 3. The Hall–Kier alpha value is -2.68. The highest BCUT2D eigenvalue weighted by atomic mass is 32.1. The third-order valence-corrected chi connectivity index (χ3v) is 4.91. The molecule has 0 unspecified atom stereocenters. The molecule has 0 fully saturated rings. The number of nitrogens with zero attached hydrogens (tertiary/aromatic N) is 2. The molecule has 3 aromatic rings. The lowest BCUT2D eigenvalue weighted by Gasteiger charge is -2.25. The molecule has 0 saturated carbocycles. The molecule has 1 amide bonds. The van der Waals surface area contributed by atoms with Crippen LogP contribution in [0.25, 0.3) is 4.96 Å². The first-order chi connectivity index (χ1) is 11.8. The van der Waals surface area contributed by atoms with E-state index in [1.54, 1.807) is 16.0 Å². The van der Waals surface area contributed by atoms with Gasteiger partial charge in [-0.15, -0.1) is 11.3 Å². The van der Waals surface area contributed by atoms with Crippen molar-refractivity contribution in [2.24, 2.45) is 0 Å². The normalized spacial score (nSPS) is 17.4. The van der Waals surface area contributed by atoms with Gasteiger partial charge in [-0.3, -0.25) is 14.0 Å². The van der Waals surface area contributed by atoms with E-state index in [9.17, 15) is 22.8 Å². The summed E-state index contributed by atoms with van der Waals surface area (Å²) in [4.78, 5) is 29.0. The lowest BCUT2D eigenvalue weighted by molar-refractivity contribution is -0.137. The second-order valence-electron chi connectivity index (χ2n) is 5.66. The Morgan fingerprint density at radius 2 is 1.92 bits per heavy atom. The van der Waals surface area contributed by atoms with E-state index < -0.39 is 23.2 Å².